The lowest BCUT2D eigenvalue weighted by molar-refractivity contribution is 0.0962. The molecule has 4 heteroatoms. The summed E-state index contributed by atoms with van der Waals surface area (Å²) < 4.78 is 7.39. The van der Waals surface area contributed by atoms with Crippen LogP contribution >= 0.6 is 0 Å². The minimum Gasteiger partial charge on any atom is -0.467 e. The van der Waals surface area contributed by atoms with Gasteiger partial charge in [0, 0.05) is 18.4 Å². The Bertz CT molecular complexity index is 524. The number of furan rings is 1. The van der Waals surface area contributed by atoms with Gasteiger partial charge in [-0.25, -0.2) is 0 Å². The van der Waals surface area contributed by atoms with Gasteiger partial charge in [0.15, 0.2) is 0 Å². The molecule has 0 aliphatic heterocycles. The summed E-state index contributed by atoms with van der Waals surface area (Å²) in [6.45, 7) is 4.59. The summed E-state index contributed by atoms with van der Waals surface area (Å²) >= 11 is 0. The van der Waals surface area contributed by atoms with Gasteiger partial charge in [-0.15, -0.1) is 0 Å². The molecule has 1 amide bonds. The van der Waals surface area contributed by atoms with Crippen LogP contribution in [0.4, 0.5) is 0 Å². The van der Waals surface area contributed by atoms with Crippen LogP contribution < -0.4 is 5.32 Å². The number of hydrogen-bond acceptors (Lipinski definition) is 2. The normalized spacial score (nSPS) is 10.5. The Hall–Kier alpha value is -1.97. The summed E-state index contributed by atoms with van der Waals surface area (Å²) in [5, 5.41) is 2.65. The second kappa shape index (κ2) is 4.49. The van der Waals surface area contributed by atoms with Gasteiger partial charge in [0.2, 0.25) is 0 Å². The third-order valence-corrected chi connectivity index (χ3v) is 2.94. The maximum atomic E-state index is 11.7. The first-order valence-electron chi connectivity index (χ1n) is 5.54. The maximum absolute atomic E-state index is 11.7. The van der Waals surface area contributed by atoms with Crippen LogP contribution in [-0.2, 0) is 6.54 Å². The molecule has 17 heavy (non-hydrogen) atoms. The van der Waals surface area contributed by atoms with E-state index in [1.807, 2.05) is 32.0 Å². The third kappa shape index (κ3) is 2.11. The van der Waals surface area contributed by atoms with Gasteiger partial charge < -0.3 is 14.3 Å². The Morgan fingerprint density at radius 2 is 2.24 bits per heavy atom. The zero-order chi connectivity index (χ0) is 12.4. The Morgan fingerprint density at radius 3 is 2.82 bits per heavy atom. The smallest absolute Gasteiger partial charge is 0.252 e. The van der Waals surface area contributed by atoms with Crippen molar-refractivity contribution in [2.24, 2.45) is 0 Å². The highest BCUT2D eigenvalue weighted by Crippen LogP contribution is 2.17. The zero-order valence-electron chi connectivity index (χ0n) is 10.3. The van der Waals surface area contributed by atoms with Crippen LogP contribution in [0.5, 0.6) is 0 Å². The second-order valence-electron chi connectivity index (χ2n) is 4.03. The highest BCUT2D eigenvalue weighted by molar-refractivity contribution is 5.95. The summed E-state index contributed by atoms with van der Waals surface area (Å²) in [5.41, 5.74) is 2.73. The van der Waals surface area contributed by atoms with E-state index in [-0.39, 0.29) is 5.91 Å². The van der Waals surface area contributed by atoms with Gasteiger partial charge in [-0.3, -0.25) is 4.79 Å². The van der Waals surface area contributed by atoms with E-state index >= 15 is 0 Å². The Kier molecular flexibility index (Phi) is 3.04. The van der Waals surface area contributed by atoms with Crippen LogP contribution in [0.25, 0.3) is 0 Å². The van der Waals surface area contributed by atoms with Gasteiger partial charge in [-0.1, -0.05) is 0 Å². The van der Waals surface area contributed by atoms with Gasteiger partial charge in [-0.05, 0) is 32.0 Å². The van der Waals surface area contributed by atoms with E-state index in [0.717, 1.165) is 22.7 Å². The molecule has 0 spiro atoms. The van der Waals surface area contributed by atoms with Crippen LogP contribution in [0.1, 0.15) is 27.5 Å². The van der Waals surface area contributed by atoms with E-state index < -0.39 is 0 Å². The van der Waals surface area contributed by atoms with Crippen molar-refractivity contribution in [3.05, 3.63) is 47.2 Å². The van der Waals surface area contributed by atoms with Crippen molar-refractivity contribution in [2.45, 2.75) is 20.4 Å². The molecule has 0 saturated heterocycles. The van der Waals surface area contributed by atoms with Gasteiger partial charge in [0.05, 0.1) is 18.4 Å². The van der Waals surface area contributed by atoms with Crippen molar-refractivity contribution in [2.75, 3.05) is 7.05 Å². The molecule has 4 nitrogen and oxygen atoms in total. The fourth-order valence-corrected chi connectivity index (χ4v) is 1.97. The standard InChI is InChI=1S/C13H16N2O2/c1-9-7-12(13(16)14-3)10(2)15(9)8-11-5-4-6-17-11/h4-7H,8H2,1-3H3,(H,14,16). The lowest BCUT2D eigenvalue weighted by Crippen LogP contribution is -2.18. The first-order chi connectivity index (χ1) is 8.13. The van der Waals surface area contributed by atoms with Gasteiger partial charge in [0.25, 0.3) is 5.91 Å². The highest BCUT2D eigenvalue weighted by Gasteiger charge is 2.14. The summed E-state index contributed by atoms with van der Waals surface area (Å²) in [7, 11) is 1.64. The SMILES string of the molecule is CNC(=O)c1cc(C)n(Cc2ccco2)c1C. The van der Waals surface area contributed by atoms with Crippen LogP contribution in [0.2, 0.25) is 0 Å². The van der Waals surface area contributed by atoms with Crippen molar-refractivity contribution in [1.82, 2.24) is 9.88 Å². The van der Waals surface area contributed by atoms with Crippen molar-refractivity contribution in [1.29, 1.82) is 0 Å². The number of aryl methyl sites for hydroxylation is 1. The minimum absolute atomic E-state index is 0.0520. The number of rotatable bonds is 3. The molecule has 2 aromatic rings. The predicted molar refractivity (Wildman–Crippen MR) is 65.1 cm³/mol. The van der Waals surface area contributed by atoms with Crippen LogP contribution in [0.3, 0.4) is 0 Å². The van der Waals surface area contributed by atoms with E-state index in [0.29, 0.717) is 6.54 Å². The molecular formula is C13H16N2O2. The van der Waals surface area contributed by atoms with E-state index in [9.17, 15) is 4.79 Å². The zero-order valence-corrected chi connectivity index (χ0v) is 10.3. The average molecular weight is 232 g/mol. The number of amides is 1. The molecular weight excluding hydrogens is 216 g/mol. The topological polar surface area (TPSA) is 47.2 Å². The molecule has 0 aliphatic rings. The Labute approximate surface area is 100 Å². The lowest BCUT2D eigenvalue weighted by Gasteiger charge is -2.07. The fourth-order valence-electron chi connectivity index (χ4n) is 1.97. The predicted octanol–water partition coefficient (Wildman–Crippen LogP) is 2.11. The molecule has 2 rings (SSSR count). The van der Waals surface area contributed by atoms with Crippen molar-refractivity contribution >= 4 is 5.91 Å². The van der Waals surface area contributed by atoms with Crippen LogP contribution in [0, 0.1) is 13.8 Å². The first kappa shape index (κ1) is 11.5. The van der Waals surface area contributed by atoms with Crippen molar-refractivity contribution in [3.63, 3.8) is 0 Å². The van der Waals surface area contributed by atoms with E-state index in [1.165, 1.54) is 0 Å². The lowest BCUT2D eigenvalue weighted by atomic mass is 10.2. The monoisotopic (exact) mass is 232 g/mol. The molecule has 2 aromatic heterocycles. The number of aromatic nitrogens is 1. The van der Waals surface area contributed by atoms with E-state index in [1.54, 1.807) is 13.3 Å². The molecule has 0 unspecified atom stereocenters. The number of carbonyl (C=O) groups is 1. The molecule has 1 N–H and O–H groups in total. The average Bonchev–Trinajstić information content (AvgIpc) is 2.91. The third-order valence-electron chi connectivity index (χ3n) is 2.94. The van der Waals surface area contributed by atoms with E-state index in [2.05, 4.69) is 9.88 Å². The summed E-state index contributed by atoms with van der Waals surface area (Å²) in [4.78, 5) is 11.7. The summed E-state index contributed by atoms with van der Waals surface area (Å²) in [6.07, 6.45) is 1.66. The molecule has 0 saturated carbocycles. The van der Waals surface area contributed by atoms with Crippen LogP contribution in [-0.4, -0.2) is 17.5 Å². The van der Waals surface area contributed by atoms with Gasteiger partial charge in [0.1, 0.15) is 5.76 Å². The minimum atomic E-state index is -0.0520. The van der Waals surface area contributed by atoms with E-state index in [4.69, 9.17) is 4.42 Å². The summed E-state index contributed by atoms with van der Waals surface area (Å²) in [5.74, 6) is 0.832. The van der Waals surface area contributed by atoms with Gasteiger partial charge >= 0.3 is 0 Å². The fraction of sp³-hybridized carbons (Fsp3) is 0.308. The number of hydrogen-bond donors (Lipinski definition) is 1. The first-order valence-corrected chi connectivity index (χ1v) is 5.54. The largest absolute Gasteiger partial charge is 0.467 e. The summed E-state index contributed by atoms with van der Waals surface area (Å²) in [6, 6.07) is 5.69. The Balaban J connectivity index is 2.35. The molecule has 0 bridgehead atoms. The maximum Gasteiger partial charge on any atom is 0.252 e. The molecule has 0 fully saturated rings. The second-order valence-corrected chi connectivity index (χ2v) is 4.03. The van der Waals surface area contributed by atoms with Crippen molar-refractivity contribution < 1.29 is 9.21 Å². The number of carbonyl (C=O) groups excluding carboxylic acids is 1. The molecule has 0 aromatic carbocycles. The molecule has 0 radical (unpaired) electrons. The Morgan fingerprint density at radius 1 is 1.47 bits per heavy atom. The van der Waals surface area contributed by atoms with Crippen LogP contribution in [0.15, 0.2) is 28.9 Å². The molecule has 0 aliphatic carbocycles. The molecule has 90 valence electrons. The quantitative estimate of drug-likeness (QED) is 0.881. The van der Waals surface area contributed by atoms with Crippen molar-refractivity contribution in [3.8, 4) is 0 Å². The number of nitrogens with zero attached hydrogens (tertiary/aromatic N) is 1. The molecule has 0 atom stereocenters. The number of nitrogens with one attached hydrogen (secondary N) is 1. The van der Waals surface area contributed by atoms with Gasteiger partial charge in [-0.2, -0.15) is 0 Å². The molecule has 2 heterocycles. The highest BCUT2D eigenvalue weighted by atomic mass is 16.3.